The topological polar surface area (TPSA) is 40.5 Å². The molecular formula is C14H20FNO2. The van der Waals surface area contributed by atoms with Gasteiger partial charge in [-0.2, -0.15) is 0 Å². The molecule has 0 aromatic heterocycles. The molecule has 0 saturated heterocycles. The molecule has 2 unspecified atom stereocenters. The first-order chi connectivity index (χ1) is 8.45. The van der Waals surface area contributed by atoms with Gasteiger partial charge in [0.25, 0.3) is 5.91 Å². The normalized spacial score (nSPS) is 15.8. The van der Waals surface area contributed by atoms with E-state index in [9.17, 15) is 14.3 Å². The standard InChI is InChI=1S/C14H20FNO2/c1-4-16(5-2)13(18)14(3,15)12(17)11-9-7-6-8-10-11/h6-10,12,17H,4-5H2,1-3H3. The third kappa shape index (κ3) is 2.88. The van der Waals surface area contributed by atoms with Gasteiger partial charge in [0.1, 0.15) is 6.10 Å². The Labute approximate surface area is 107 Å². The highest BCUT2D eigenvalue weighted by Gasteiger charge is 2.43. The van der Waals surface area contributed by atoms with Gasteiger partial charge >= 0.3 is 0 Å². The van der Waals surface area contributed by atoms with E-state index in [2.05, 4.69) is 0 Å². The summed E-state index contributed by atoms with van der Waals surface area (Å²) < 4.78 is 14.5. The molecule has 0 fully saturated rings. The Kier molecular flexibility index (Phi) is 4.84. The maximum absolute atomic E-state index is 14.5. The number of carbonyl (C=O) groups excluding carboxylic acids is 1. The van der Waals surface area contributed by atoms with Crippen molar-refractivity contribution in [1.29, 1.82) is 0 Å². The highest BCUT2D eigenvalue weighted by atomic mass is 19.1. The lowest BCUT2D eigenvalue weighted by molar-refractivity contribution is -0.150. The second-order valence-corrected chi connectivity index (χ2v) is 4.37. The Balaban J connectivity index is 2.95. The van der Waals surface area contributed by atoms with Crippen LogP contribution in [0.2, 0.25) is 0 Å². The summed E-state index contributed by atoms with van der Waals surface area (Å²) in [5.41, 5.74) is -1.91. The number of benzene rings is 1. The molecule has 1 aromatic carbocycles. The molecule has 1 N–H and O–H groups in total. The molecule has 0 aliphatic rings. The molecule has 1 rings (SSSR count). The van der Waals surface area contributed by atoms with Crippen molar-refractivity contribution in [3.05, 3.63) is 35.9 Å². The fourth-order valence-corrected chi connectivity index (χ4v) is 1.89. The van der Waals surface area contributed by atoms with Gasteiger partial charge in [0.05, 0.1) is 0 Å². The summed E-state index contributed by atoms with van der Waals surface area (Å²) in [5, 5.41) is 10.0. The van der Waals surface area contributed by atoms with Crippen LogP contribution >= 0.6 is 0 Å². The summed E-state index contributed by atoms with van der Waals surface area (Å²) in [4.78, 5) is 13.4. The maximum atomic E-state index is 14.5. The van der Waals surface area contributed by atoms with Gasteiger partial charge in [-0.3, -0.25) is 4.79 Å². The van der Waals surface area contributed by atoms with Gasteiger partial charge in [-0.05, 0) is 26.3 Å². The van der Waals surface area contributed by atoms with Crippen molar-refractivity contribution in [2.24, 2.45) is 0 Å². The molecule has 1 aromatic rings. The summed E-state index contributed by atoms with van der Waals surface area (Å²) in [6.45, 7) is 5.55. The maximum Gasteiger partial charge on any atom is 0.263 e. The molecule has 4 heteroatoms. The van der Waals surface area contributed by atoms with Gasteiger partial charge in [0, 0.05) is 13.1 Å². The zero-order valence-electron chi connectivity index (χ0n) is 11.1. The van der Waals surface area contributed by atoms with E-state index in [4.69, 9.17) is 0 Å². The minimum atomic E-state index is -2.31. The summed E-state index contributed by atoms with van der Waals surface area (Å²) in [6, 6.07) is 8.40. The highest BCUT2D eigenvalue weighted by molar-refractivity contribution is 5.85. The third-order valence-electron chi connectivity index (χ3n) is 3.10. The number of amides is 1. The summed E-state index contributed by atoms with van der Waals surface area (Å²) in [6.07, 6.45) is -1.45. The Morgan fingerprint density at radius 2 is 1.83 bits per heavy atom. The Morgan fingerprint density at radius 1 is 1.33 bits per heavy atom. The van der Waals surface area contributed by atoms with Gasteiger partial charge in [-0.25, -0.2) is 4.39 Å². The summed E-state index contributed by atoms with van der Waals surface area (Å²) in [5.74, 6) is -0.677. The molecule has 0 aliphatic heterocycles. The lowest BCUT2D eigenvalue weighted by Crippen LogP contribution is -2.47. The van der Waals surface area contributed by atoms with Gasteiger partial charge < -0.3 is 10.0 Å². The first-order valence-corrected chi connectivity index (χ1v) is 6.16. The first kappa shape index (κ1) is 14.6. The molecule has 0 bridgehead atoms. The smallest absolute Gasteiger partial charge is 0.263 e. The van der Waals surface area contributed by atoms with Crippen LogP contribution in [0.15, 0.2) is 30.3 Å². The number of nitrogens with zero attached hydrogens (tertiary/aromatic N) is 1. The van der Waals surface area contributed by atoms with Crippen LogP contribution in [-0.2, 0) is 4.79 Å². The van der Waals surface area contributed by atoms with Crippen molar-refractivity contribution < 1.29 is 14.3 Å². The fraction of sp³-hybridized carbons (Fsp3) is 0.500. The van der Waals surface area contributed by atoms with Crippen molar-refractivity contribution in [3.8, 4) is 0 Å². The number of hydrogen-bond acceptors (Lipinski definition) is 2. The number of carbonyl (C=O) groups is 1. The quantitative estimate of drug-likeness (QED) is 0.874. The molecule has 1 amide bonds. The van der Waals surface area contributed by atoms with Crippen LogP contribution in [0.3, 0.4) is 0 Å². The van der Waals surface area contributed by atoms with Gasteiger partial charge in [0.2, 0.25) is 5.67 Å². The number of alkyl halides is 1. The lowest BCUT2D eigenvalue weighted by Gasteiger charge is -2.31. The van der Waals surface area contributed by atoms with Crippen LogP contribution in [-0.4, -0.2) is 34.7 Å². The van der Waals surface area contributed by atoms with Crippen molar-refractivity contribution in [2.75, 3.05) is 13.1 Å². The molecule has 0 heterocycles. The largest absolute Gasteiger partial charge is 0.384 e. The highest BCUT2D eigenvalue weighted by Crippen LogP contribution is 2.31. The Bertz CT molecular complexity index is 388. The summed E-state index contributed by atoms with van der Waals surface area (Å²) in [7, 11) is 0. The fourth-order valence-electron chi connectivity index (χ4n) is 1.89. The molecule has 0 spiro atoms. The van der Waals surface area contributed by atoms with Crippen LogP contribution in [0.5, 0.6) is 0 Å². The predicted octanol–water partition coefficient (Wildman–Crippen LogP) is 2.32. The number of aliphatic hydroxyl groups is 1. The van der Waals surface area contributed by atoms with Gasteiger partial charge in [-0.15, -0.1) is 0 Å². The van der Waals surface area contributed by atoms with E-state index in [0.717, 1.165) is 6.92 Å². The van der Waals surface area contributed by atoms with Crippen LogP contribution in [0, 0.1) is 0 Å². The van der Waals surface area contributed by atoms with E-state index in [0.29, 0.717) is 18.7 Å². The van der Waals surface area contributed by atoms with Crippen LogP contribution in [0.4, 0.5) is 4.39 Å². The monoisotopic (exact) mass is 253 g/mol. The predicted molar refractivity (Wildman–Crippen MR) is 68.8 cm³/mol. The van der Waals surface area contributed by atoms with E-state index in [-0.39, 0.29) is 0 Å². The Morgan fingerprint density at radius 3 is 2.28 bits per heavy atom. The average Bonchev–Trinajstić information content (AvgIpc) is 2.40. The van der Waals surface area contributed by atoms with E-state index < -0.39 is 17.7 Å². The minimum Gasteiger partial charge on any atom is -0.384 e. The SMILES string of the molecule is CCN(CC)C(=O)C(C)(F)C(O)c1ccccc1. The van der Waals surface area contributed by atoms with E-state index >= 15 is 0 Å². The van der Waals surface area contributed by atoms with Crippen LogP contribution in [0.1, 0.15) is 32.4 Å². The number of halogens is 1. The number of hydrogen-bond donors (Lipinski definition) is 1. The van der Waals surface area contributed by atoms with E-state index in [1.165, 1.54) is 4.90 Å². The molecule has 100 valence electrons. The van der Waals surface area contributed by atoms with Crippen LogP contribution < -0.4 is 0 Å². The van der Waals surface area contributed by atoms with Gasteiger partial charge in [-0.1, -0.05) is 30.3 Å². The number of aliphatic hydroxyl groups excluding tert-OH is 1. The molecule has 18 heavy (non-hydrogen) atoms. The average molecular weight is 253 g/mol. The van der Waals surface area contributed by atoms with Crippen molar-refractivity contribution >= 4 is 5.91 Å². The van der Waals surface area contributed by atoms with Crippen molar-refractivity contribution in [1.82, 2.24) is 4.90 Å². The summed E-state index contributed by atoms with van der Waals surface area (Å²) >= 11 is 0. The van der Waals surface area contributed by atoms with Crippen molar-refractivity contribution in [2.45, 2.75) is 32.5 Å². The first-order valence-electron chi connectivity index (χ1n) is 6.16. The van der Waals surface area contributed by atoms with E-state index in [1.807, 2.05) is 0 Å². The molecular weight excluding hydrogens is 233 g/mol. The van der Waals surface area contributed by atoms with Crippen LogP contribution in [0.25, 0.3) is 0 Å². The second-order valence-electron chi connectivity index (χ2n) is 4.37. The zero-order valence-corrected chi connectivity index (χ0v) is 11.1. The third-order valence-corrected chi connectivity index (χ3v) is 3.10. The number of rotatable bonds is 5. The Hall–Kier alpha value is -1.42. The minimum absolute atomic E-state index is 0.406. The second kappa shape index (κ2) is 5.96. The molecule has 0 saturated carbocycles. The molecule has 0 radical (unpaired) electrons. The molecule has 0 aliphatic carbocycles. The molecule has 3 nitrogen and oxygen atoms in total. The van der Waals surface area contributed by atoms with Gasteiger partial charge in [0.15, 0.2) is 0 Å². The lowest BCUT2D eigenvalue weighted by atomic mass is 9.93. The van der Waals surface area contributed by atoms with E-state index in [1.54, 1.807) is 44.2 Å². The van der Waals surface area contributed by atoms with Crippen molar-refractivity contribution in [3.63, 3.8) is 0 Å². The molecule has 2 atom stereocenters. The zero-order chi connectivity index (χ0) is 13.8.